The van der Waals surface area contributed by atoms with E-state index in [9.17, 15) is 19.2 Å². The number of hydrogen-bond acceptors (Lipinski definition) is 9. The van der Waals surface area contributed by atoms with Gasteiger partial charge in [-0.3, -0.25) is 24.2 Å². The molecule has 1 fully saturated rings. The number of nitrogens with zero attached hydrogens (tertiary/aromatic N) is 2. The number of carbonyl (C=O) groups excluding carboxylic acids is 4. The van der Waals surface area contributed by atoms with Crippen molar-refractivity contribution < 1.29 is 33.2 Å². The molecule has 2 amide bonds. The quantitative estimate of drug-likeness (QED) is 0.313. The summed E-state index contributed by atoms with van der Waals surface area (Å²) < 4.78 is 16.2. The second kappa shape index (κ2) is 13.7. The maximum Gasteiger partial charge on any atom is 0.552 e. The largest absolute Gasteiger partial charge is 0.552 e. The van der Waals surface area contributed by atoms with E-state index in [0.717, 1.165) is 5.56 Å². The first-order valence-electron chi connectivity index (χ1n) is 12.6. The third-order valence-electron chi connectivity index (χ3n) is 5.59. The van der Waals surface area contributed by atoms with Crippen molar-refractivity contribution in [3.05, 3.63) is 60.2 Å². The Labute approximate surface area is 222 Å². The van der Waals surface area contributed by atoms with Crippen LogP contribution in [-0.4, -0.2) is 65.0 Å². The lowest BCUT2D eigenvalue weighted by Crippen LogP contribution is -2.55. The standard InChI is InChI=1S/C26H33BN4O7/c1-16(2)12-22(27-37-21(26(35)38-27)14-23(32)36-17(3)4)31-24(33)19(13-18-8-6-5-7-9-18)30-25(34)20-15-28-10-11-29-20/h5-11,15-17,19,21-22H,12-14H2,1-4H3,(H,30,34)(H,31,33)/t19?,21-,22?/m0/s1. The van der Waals surface area contributed by atoms with Crippen LogP contribution < -0.4 is 10.6 Å². The summed E-state index contributed by atoms with van der Waals surface area (Å²) in [6.07, 6.45) is 3.02. The predicted octanol–water partition coefficient (Wildman–Crippen LogP) is 1.66. The number of carbonyl (C=O) groups is 4. The Hall–Kier alpha value is -3.80. The van der Waals surface area contributed by atoms with Gasteiger partial charge in [-0.25, -0.2) is 4.98 Å². The zero-order valence-corrected chi connectivity index (χ0v) is 22.0. The van der Waals surface area contributed by atoms with E-state index in [4.69, 9.17) is 14.0 Å². The maximum atomic E-state index is 13.5. The Balaban J connectivity index is 1.74. The molecule has 2 N–H and O–H groups in total. The molecule has 0 spiro atoms. The Morgan fingerprint density at radius 3 is 2.45 bits per heavy atom. The van der Waals surface area contributed by atoms with E-state index in [1.807, 2.05) is 44.2 Å². The summed E-state index contributed by atoms with van der Waals surface area (Å²) >= 11 is 0. The average molecular weight is 524 g/mol. The first-order valence-corrected chi connectivity index (χ1v) is 12.6. The van der Waals surface area contributed by atoms with Crippen LogP contribution in [0.5, 0.6) is 0 Å². The lowest BCUT2D eigenvalue weighted by Gasteiger charge is -2.25. The monoisotopic (exact) mass is 524 g/mol. The van der Waals surface area contributed by atoms with Crippen LogP contribution in [0.4, 0.5) is 0 Å². The third-order valence-corrected chi connectivity index (χ3v) is 5.59. The van der Waals surface area contributed by atoms with Gasteiger partial charge in [0.15, 0.2) is 6.10 Å². The molecule has 1 aliphatic heterocycles. The molecule has 0 aliphatic carbocycles. The van der Waals surface area contributed by atoms with Gasteiger partial charge in [0.2, 0.25) is 5.91 Å². The number of hydrogen-bond donors (Lipinski definition) is 2. The van der Waals surface area contributed by atoms with Crippen LogP contribution >= 0.6 is 0 Å². The molecule has 202 valence electrons. The molecule has 38 heavy (non-hydrogen) atoms. The van der Waals surface area contributed by atoms with Gasteiger partial charge >= 0.3 is 19.1 Å². The van der Waals surface area contributed by atoms with Crippen molar-refractivity contribution in [3.8, 4) is 0 Å². The summed E-state index contributed by atoms with van der Waals surface area (Å²) in [4.78, 5) is 58.7. The van der Waals surface area contributed by atoms with E-state index in [2.05, 4.69) is 20.6 Å². The number of ether oxygens (including phenoxy) is 1. The Morgan fingerprint density at radius 2 is 1.82 bits per heavy atom. The van der Waals surface area contributed by atoms with Gasteiger partial charge < -0.3 is 24.7 Å². The molecule has 2 unspecified atom stereocenters. The van der Waals surface area contributed by atoms with Gasteiger partial charge in [-0.05, 0) is 31.7 Å². The van der Waals surface area contributed by atoms with Crippen molar-refractivity contribution in [1.82, 2.24) is 20.6 Å². The molecular weight excluding hydrogens is 491 g/mol. The Morgan fingerprint density at radius 1 is 1.08 bits per heavy atom. The van der Waals surface area contributed by atoms with E-state index in [0.29, 0.717) is 6.42 Å². The van der Waals surface area contributed by atoms with E-state index >= 15 is 0 Å². The molecule has 2 aromatic rings. The van der Waals surface area contributed by atoms with Crippen molar-refractivity contribution in [3.63, 3.8) is 0 Å². The van der Waals surface area contributed by atoms with Crippen LogP contribution in [0.1, 0.15) is 56.6 Å². The lowest BCUT2D eigenvalue weighted by atomic mass is 9.74. The van der Waals surface area contributed by atoms with Crippen LogP contribution in [-0.2, 0) is 34.9 Å². The summed E-state index contributed by atoms with van der Waals surface area (Å²) in [5.74, 6) is -2.93. The van der Waals surface area contributed by atoms with E-state index in [-0.39, 0.29) is 30.6 Å². The molecule has 1 saturated heterocycles. The molecule has 0 radical (unpaired) electrons. The fourth-order valence-electron chi connectivity index (χ4n) is 3.94. The van der Waals surface area contributed by atoms with Crippen molar-refractivity contribution in [2.75, 3.05) is 0 Å². The molecular formula is C26H33BN4O7. The number of rotatable bonds is 12. The zero-order chi connectivity index (χ0) is 27.7. The molecule has 1 aromatic heterocycles. The van der Waals surface area contributed by atoms with Gasteiger partial charge in [0.05, 0.1) is 24.7 Å². The van der Waals surface area contributed by atoms with Gasteiger partial charge in [0.25, 0.3) is 5.91 Å². The zero-order valence-electron chi connectivity index (χ0n) is 22.0. The summed E-state index contributed by atoms with van der Waals surface area (Å²) in [7, 11) is -1.10. The SMILES string of the molecule is CC(C)CC(NC(=O)C(Cc1ccccc1)NC(=O)c1cnccn1)B1OC(=O)[C@H](CC(=O)OC(C)C)O1. The highest BCUT2D eigenvalue weighted by Crippen LogP contribution is 2.20. The number of aromatic nitrogens is 2. The number of esters is 1. The van der Waals surface area contributed by atoms with Crippen LogP contribution in [0.2, 0.25) is 0 Å². The minimum absolute atomic E-state index is 0.0706. The van der Waals surface area contributed by atoms with Crippen molar-refractivity contribution in [2.24, 2.45) is 5.92 Å². The van der Waals surface area contributed by atoms with E-state index in [1.165, 1.54) is 18.6 Å². The molecule has 3 atom stereocenters. The third kappa shape index (κ3) is 8.65. The molecule has 1 aromatic carbocycles. The van der Waals surface area contributed by atoms with Gasteiger partial charge in [-0.1, -0.05) is 44.2 Å². The molecule has 3 rings (SSSR count). The fourth-order valence-corrected chi connectivity index (χ4v) is 3.94. The molecule has 2 heterocycles. The normalized spacial score (nSPS) is 16.6. The first kappa shape index (κ1) is 28.8. The molecule has 12 heteroatoms. The molecule has 0 bridgehead atoms. The molecule has 11 nitrogen and oxygen atoms in total. The highest BCUT2D eigenvalue weighted by Gasteiger charge is 2.47. The van der Waals surface area contributed by atoms with E-state index in [1.54, 1.807) is 13.8 Å². The predicted molar refractivity (Wildman–Crippen MR) is 137 cm³/mol. The minimum atomic E-state index is -1.13. The summed E-state index contributed by atoms with van der Waals surface area (Å²) in [6.45, 7) is 7.31. The van der Waals surface area contributed by atoms with Gasteiger partial charge in [-0.2, -0.15) is 0 Å². The van der Waals surface area contributed by atoms with Gasteiger partial charge in [0, 0.05) is 18.8 Å². The average Bonchev–Trinajstić information content (AvgIpc) is 3.23. The second-order valence-corrected chi connectivity index (χ2v) is 9.72. The minimum Gasteiger partial charge on any atom is -0.506 e. The Kier molecular flexibility index (Phi) is 10.3. The van der Waals surface area contributed by atoms with E-state index < -0.39 is 49.0 Å². The fraction of sp³-hybridized carbons (Fsp3) is 0.462. The molecule has 1 aliphatic rings. The van der Waals surface area contributed by atoms with Crippen LogP contribution in [0.3, 0.4) is 0 Å². The number of nitrogens with one attached hydrogen (secondary N) is 2. The number of amides is 2. The Bertz CT molecular complexity index is 1100. The summed E-state index contributed by atoms with van der Waals surface area (Å²) in [6, 6.07) is 8.27. The van der Waals surface area contributed by atoms with Crippen LogP contribution in [0.25, 0.3) is 0 Å². The summed E-state index contributed by atoms with van der Waals surface area (Å²) in [5, 5.41) is 5.62. The van der Waals surface area contributed by atoms with Crippen LogP contribution in [0, 0.1) is 5.92 Å². The highest BCUT2D eigenvalue weighted by molar-refractivity contribution is 6.51. The molecule has 0 saturated carbocycles. The smallest absolute Gasteiger partial charge is 0.506 e. The lowest BCUT2D eigenvalue weighted by molar-refractivity contribution is -0.152. The van der Waals surface area contributed by atoms with Crippen molar-refractivity contribution in [1.29, 1.82) is 0 Å². The van der Waals surface area contributed by atoms with Crippen molar-refractivity contribution >= 4 is 30.9 Å². The van der Waals surface area contributed by atoms with Gasteiger partial charge in [0.1, 0.15) is 11.7 Å². The van der Waals surface area contributed by atoms with Crippen LogP contribution in [0.15, 0.2) is 48.9 Å². The maximum absolute atomic E-state index is 13.5. The second-order valence-electron chi connectivity index (χ2n) is 9.72. The number of benzene rings is 1. The topological polar surface area (TPSA) is 146 Å². The first-order chi connectivity index (χ1) is 18.1. The van der Waals surface area contributed by atoms with Crippen molar-refractivity contribution in [2.45, 2.75) is 71.1 Å². The van der Waals surface area contributed by atoms with Gasteiger partial charge in [-0.15, -0.1) is 0 Å². The highest BCUT2D eigenvalue weighted by atomic mass is 16.7. The summed E-state index contributed by atoms with van der Waals surface area (Å²) in [5.41, 5.74) is 0.904.